The second-order valence-corrected chi connectivity index (χ2v) is 5.64. The maximum absolute atomic E-state index is 13.1. The van der Waals surface area contributed by atoms with Gasteiger partial charge in [0.2, 0.25) is 0 Å². The van der Waals surface area contributed by atoms with Crippen LogP contribution in [-0.2, 0) is 6.42 Å². The van der Waals surface area contributed by atoms with Gasteiger partial charge in [0, 0.05) is 10.4 Å². The number of halogens is 2. The van der Waals surface area contributed by atoms with E-state index < -0.39 is 0 Å². The van der Waals surface area contributed by atoms with Gasteiger partial charge in [0.1, 0.15) is 17.2 Å². The maximum atomic E-state index is 13.1. The quantitative estimate of drug-likeness (QED) is 0.756. The van der Waals surface area contributed by atoms with Gasteiger partial charge in [-0.1, -0.05) is 29.3 Å². The van der Waals surface area contributed by atoms with Crippen molar-refractivity contribution in [3.05, 3.63) is 70.2 Å². The fourth-order valence-corrected chi connectivity index (χ4v) is 2.64. The third-order valence-electron chi connectivity index (χ3n) is 3.51. The molecule has 2 aromatic carbocycles. The smallest absolute Gasteiger partial charge is 0.134 e. The zero-order chi connectivity index (χ0) is 15.0. The van der Waals surface area contributed by atoms with Gasteiger partial charge in [-0.05, 0) is 49.2 Å². The van der Waals surface area contributed by atoms with Gasteiger partial charge in [-0.2, -0.15) is 0 Å². The summed E-state index contributed by atoms with van der Waals surface area (Å²) in [4.78, 5) is 0. The van der Waals surface area contributed by atoms with Gasteiger partial charge in [-0.15, -0.1) is 0 Å². The molecule has 0 fully saturated rings. The molecule has 0 aliphatic heterocycles. The molecule has 0 spiro atoms. The Morgan fingerprint density at radius 2 is 2.00 bits per heavy atom. The SMILES string of the molecule is Cc1ccc2oc(C(N)Cc3ccc(F)cc3Cl)cc2c1. The zero-order valence-corrected chi connectivity index (χ0v) is 12.3. The molecule has 108 valence electrons. The molecule has 0 saturated heterocycles. The highest BCUT2D eigenvalue weighted by Crippen LogP contribution is 2.27. The lowest BCUT2D eigenvalue weighted by molar-refractivity contribution is 0.494. The normalized spacial score (nSPS) is 12.8. The molecular formula is C17H15ClFNO. The molecule has 1 heterocycles. The Labute approximate surface area is 127 Å². The summed E-state index contributed by atoms with van der Waals surface area (Å²) in [5.74, 6) is 0.354. The number of nitrogens with two attached hydrogens (primary N) is 1. The van der Waals surface area contributed by atoms with E-state index in [2.05, 4.69) is 6.07 Å². The van der Waals surface area contributed by atoms with Crippen molar-refractivity contribution in [3.63, 3.8) is 0 Å². The van der Waals surface area contributed by atoms with Crippen LogP contribution >= 0.6 is 11.6 Å². The van der Waals surface area contributed by atoms with Gasteiger partial charge < -0.3 is 10.2 Å². The highest BCUT2D eigenvalue weighted by Gasteiger charge is 2.14. The summed E-state index contributed by atoms with van der Waals surface area (Å²) in [6.07, 6.45) is 0.498. The largest absolute Gasteiger partial charge is 0.459 e. The molecule has 3 aromatic rings. The van der Waals surface area contributed by atoms with E-state index in [1.165, 1.54) is 17.7 Å². The average molecular weight is 304 g/mol. The van der Waals surface area contributed by atoms with Crippen LogP contribution in [0.4, 0.5) is 4.39 Å². The predicted molar refractivity (Wildman–Crippen MR) is 83.0 cm³/mol. The van der Waals surface area contributed by atoms with E-state index in [0.717, 1.165) is 16.5 Å². The Morgan fingerprint density at radius 3 is 2.76 bits per heavy atom. The first-order valence-electron chi connectivity index (χ1n) is 6.72. The molecule has 0 amide bonds. The Morgan fingerprint density at radius 1 is 1.19 bits per heavy atom. The number of hydrogen-bond acceptors (Lipinski definition) is 2. The van der Waals surface area contributed by atoms with Gasteiger partial charge in [0.15, 0.2) is 0 Å². The highest BCUT2D eigenvalue weighted by molar-refractivity contribution is 6.31. The van der Waals surface area contributed by atoms with E-state index in [0.29, 0.717) is 17.2 Å². The van der Waals surface area contributed by atoms with Crippen LogP contribution in [-0.4, -0.2) is 0 Å². The van der Waals surface area contributed by atoms with Crippen LogP contribution in [0, 0.1) is 12.7 Å². The molecule has 3 rings (SSSR count). The number of benzene rings is 2. The standard InChI is InChI=1S/C17H15ClFNO/c1-10-2-5-16-12(6-10)8-17(21-16)15(20)7-11-3-4-13(19)9-14(11)18/h2-6,8-9,15H,7,20H2,1H3. The van der Waals surface area contributed by atoms with Crippen molar-refractivity contribution < 1.29 is 8.81 Å². The molecule has 1 atom stereocenters. The fourth-order valence-electron chi connectivity index (χ4n) is 2.39. The summed E-state index contributed by atoms with van der Waals surface area (Å²) in [6.45, 7) is 2.03. The number of aryl methyl sites for hydroxylation is 1. The van der Waals surface area contributed by atoms with E-state index in [9.17, 15) is 4.39 Å². The first kappa shape index (κ1) is 14.1. The monoisotopic (exact) mass is 303 g/mol. The molecule has 2 nitrogen and oxygen atoms in total. The molecule has 2 N–H and O–H groups in total. The van der Waals surface area contributed by atoms with Gasteiger partial charge in [0.05, 0.1) is 6.04 Å². The van der Waals surface area contributed by atoms with Crippen LogP contribution in [0.25, 0.3) is 11.0 Å². The van der Waals surface area contributed by atoms with E-state index in [1.807, 2.05) is 25.1 Å². The minimum atomic E-state index is -0.350. The Hall–Kier alpha value is -1.84. The number of hydrogen-bond donors (Lipinski definition) is 1. The van der Waals surface area contributed by atoms with Crippen molar-refractivity contribution >= 4 is 22.6 Å². The van der Waals surface area contributed by atoms with Crippen molar-refractivity contribution in [2.24, 2.45) is 5.73 Å². The van der Waals surface area contributed by atoms with Crippen LogP contribution in [0.2, 0.25) is 5.02 Å². The summed E-state index contributed by atoms with van der Waals surface area (Å²) in [7, 11) is 0. The van der Waals surface area contributed by atoms with Crippen molar-refractivity contribution in [1.82, 2.24) is 0 Å². The summed E-state index contributed by atoms with van der Waals surface area (Å²) in [5.41, 5.74) is 8.98. The lowest BCUT2D eigenvalue weighted by Gasteiger charge is -2.10. The van der Waals surface area contributed by atoms with Gasteiger partial charge in [-0.25, -0.2) is 4.39 Å². The molecular weight excluding hydrogens is 289 g/mol. The van der Waals surface area contributed by atoms with E-state index >= 15 is 0 Å². The summed E-state index contributed by atoms with van der Waals surface area (Å²) < 4.78 is 18.8. The van der Waals surface area contributed by atoms with Crippen molar-refractivity contribution in [3.8, 4) is 0 Å². The van der Waals surface area contributed by atoms with Crippen molar-refractivity contribution in [2.75, 3.05) is 0 Å². The molecule has 0 aliphatic carbocycles. The fraction of sp³-hybridized carbons (Fsp3) is 0.176. The third kappa shape index (κ3) is 2.94. The first-order chi connectivity index (χ1) is 10.0. The minimum absolute atomic E-state index is 0.319. The van der Waals surface area contributed by atoms with Gasteiger partial charge in [0.25, 0.3) is 0 Å². The molecule has 0 radical (unpaired) electrons. The van der Waals surface area contributed by atoms with Crippen LogP contribution < -0.4 is 5.73 Å². The van der Waals surface area contributed by atoms with E-state index in [4.69, 9.17) is 21.8 Å². The van der Waals surface area contributed by atoms with Crippen LogP contribution in [0.5, 0.6) is 0 Å². The number of fused-ring (bicyclic) bond motifs is 1. The Balaban J connectivity index is 1.87. The van der Waals surface area contributed by atoms with Crippen LogP contribution in [0.1, 0.15) is 22.9 Å². The van der Waals surface area contributed by atoms with Crippen molar-refractivity contribution in [2.45, 2.75) is 19.4 Å². The second kappa shape index (κ2) is 5.51. The van der Waals surface area contributed by atoms with E-state index in [1.54, 1.807) is 6.07 Å². The predicted octanol–water partition coefficient (Wildman–Crippen LogP) is 4.78. The molecule has 1 unspecified atom stereocenters. The molecule has 0 saturated carbocycles. The molecule has 1 aromatic heterocycles. The lowest BCUT2D eigenvalue weighted by atomic mass is 10.0. The minimum Gasteiger partial charge on any atom is -0.459 e. The van der Waals surface area contributed by atoms with Crippen LogP contribution in [0.3, 0.4) is 0 Å². The zero-order valence-electron chi connectivity index (χ0n) is 11.6. The molecule has 21 heavy (non-hydrogen) atoms. The van der Waals surface area contributed by atoms with Crippen LogP contribution in [0.15, 0.2) is 46.9 Å². The Bertz CT molecular complexity index is 797. The van der Waals surface area contributed by atoms with E-state index in [-0.39, 0.29) is 11.9 Å². The first-order valence-corrected chi connectivity index (χ1v) is 7.10. The van der Waals surface area contributed by atoms with Gasteiger partial charge in [-0.3, -0.25) is 0 Å². The van der Waals surface area contributed by atoms with Crippen molar-refractivity contribution in [1.29, 1.82) is 0 Å². The summed E-state index contributed by atoms with van der Waals surface area (Å²) in [6, 6.07) is 12.0. The third-order valence-corrected chi connectivity index (χ3v) is 3.86. The highest BCUT2D eigenvalue weighted by atomic mass is 35.5. The summed E-state index contributed by atoms with van der Waals surface area (Å²) in [5, 5.41) is 1.42. The average Bonchev–Trinajstić information content (AvgIpc) is 2.85. The number of rotatable bonds is 3. The maximum Gasteiger partial charge on any atom is 0.134 e. The molecule has 4 heteroatoms. The second-order valence-electron chi connectivity index (χ2n) is 5.24. The molecule has 0 aliphatic rings. The number of furan rings is 1. The Kier molecular flexibility index (Phi) is 3.70. The summed E-state index contributed by atoms with van der Waals surface area (Å²) >= 11 is 6.03. The topological polar surface area (TPSA) is 39.2 Å². The van der Waals surface area contributed by atoms with Gasteiger partial charge >= 0.3 is 0 Å². The molecule has 0 bridgehead atoms. The lowest BCUT2D eigenvalue weighted by Crippen LogP contribution is -2.12.